The third-order valence-electron chi connectivity index (χ3n) is 4.98. The number of rotatable bonds is 6. The fraction of sp³-hybridized carbons (Fsp3) is 0.333. The first-order chi connectivity index (χ1) is 13.8. The van der Waals surface area contributed by atoms with Gasteiger partial charge in [0.15, 0.2) is 5.13 Å². The number of thioether (sulfide) groups is 1. The van der Waals surface area contributed by atoms with E-state index in [9.17, 15) is 4.79 Å². The lowest BCUT2D eigenvalue weighted by molar-refractivity contribution is -0.906. The number of anilines is 1. The topological polar surface area (TPSA) is 46.9 Å². The van der Waals surface area contributed by atoms with Gasteiger partial charge in [0.1, 0.15) is 13.1 Å². The van der Waals surface area contributed by atoms with Crippen LogP contribution >= 0.6 is 23.1 Å². The molecule has 2 heterocycles. The number of carbonyl (C=O) groups excluding carboxylic acids is 1. The molecular weight excluding hydrogens is 390 g/mol. The van der Waals surface area contributed by atoms with E-state index in [1.54, 1.807) is 23.1 Å². The number of nitrogens with one attached hydrogen (secondary N) is 1. The van der Waals surface area contributed by atoms with Crippen molar-refractivity contribution in [1.29, 1.82) is 0 Å². The van der Waals surface area contributed by atoms with Gasteiger partial charge in [-0.05, 0) is 30.5 Å². The minimum absolute atomic E-state index is 0.0247. The molecule has 1 aliphatic heterocycles. The average Bonchev–Trinajstić information content (AvgIpc) is 3.18. The zero-order valence-corrected chi connectivity index (χ0v) is 17.5. The molecule has 28 heavy (non-hydrogen) atoms. The number of hydrogen-bond donors (Lipinski definition) is 1. The Morgan fingerprint density at radius 1 is 1.18 bits per heavy atom. The number of morpholine rings is 1. The van der Waals surface area contributed by atoms with Crippen molar-refractivity contribution in [3.63, 3.8) is 0 Å². The van der Waals surface area contributed by atoms with Gasteiger partial charge in [-0.2, -0.15) is 0 Å². The highest BCUT2D eigenvalue weighted by molar-refractivity contribution is 7.98. The molecule has 0 aliphatic carbocycles. The summed E-state index contributed by atoms with van der Waals surface area (Å²) < 4.78 is 6.57. The molecule has 0 unspecified atom stereocenters. The number of fused-ring (bicyclic) bond motifs is 1. The molecule has 0 bridgehead atoms. The molecule has 7 heteroatoms. The second-order valence-electron chi connectivity index (χ2n) is 6.73. The van der Waals surface area contributed by atoms with E-state index in [2.05, 4.69) is 6.07 Å². The second-order valence-corrected chi connectivity index (χ2v) is 8.59. The Balaban J connectivity index is 1.64. The Morgan fingerprint density at radius 3 is 2.71 bits per heavy atom. The van der Waals surface area contributed by atoms with Gasteiger partial charge in [0, 0.05) is 4.90 Å². The van der Waals surface area contributed by atoms with Crippen LogP contribution < -0.4 is 9.80 Å². The van der Waals surface area contributed by atoms with Crippen molar-refractivity contribution in [2.24, 2.45) is 0 Å². The fourth-order valence-corrected chi connectivity index (χ4v) is 4.99. The maximum atomic E-state index is 13.5. The van der Waals surface area contributed by atoms with Gasteiger partial charge in [0.05, 0.1) is 42.1 Å². The Labute approximate surface area is 173 Å². The summed E-state index contributed by atoms with van der Waals surface area (Å²) in [6, 6.07) is 15.9. The number of nitrogens with zero attached hydrogens (tertiary/aromatic N) is 2. The van der Waals surface area contributed by atoms with Gasteiger partial charge < -0.3 is 9.64 Å². The number of carbonyl (C=O) groups is 1. The number of aromatic nitrogens is 1. The van der Waals surface area contributed by atoms with Crippen molar-refractivity contribution in [1.82, 2.24) is 4.98 Å². The van der Waals surface area contributed by atoms with Crippen LogP contribution in [0.5, 0.6) is 0 Å². The van der Waals surface area contributed by atoms with Crippen LogP contribution in [0.4, 0.5) is 5.13 Å². The minimum atomic E-state index is 0.0247. The number of benzene rings is 2. The number of hydrogen-bond acceptors (Lipinski definition) is 5. The van der Waals surface area contributed by atoms with Gasteiger partial charge in [-0.25, -0.2) is 4.98 Å². The molecule has 3 aromatic rings. The van der Waals surface area contributed by atoms with E-state index in [1.807, 2.05) is 53.6 Å². The SMILES string of the molecule is CSc1ccccc1C(=O)N(CC[NH+]1CCOCC1)c1nc2ccccc2s1. The van der Waals surface area contributed by atoms with Crippen LogP contribution in [0.3, 0.4) is 0 Å². The maximum absolute atomic E-state index is 13.5. The molecule has 146 valence electrons. The maximum Gasteiger partial charge on any atom is 0.261 e. The summed E-state index contributed by atoms with van der Waals surface area (Å²) in [7, 11) is 0. The highest BCUT2D eigenvalue weighted by Crippen LogP contribution is 2.30. The molecule has 1 aromatic heterocycles. The number of quaternary nitrogens is 1. The third kappa shape index (κ3) is 4.22. The molecular formula is C21H24N3O2S2+. The molecule has 0 radical (unpaired) electrons. The predicted octanol–water partition coefficient (Wildman–Crippen LogP) is 2.58. The Bertz CT molecular complexity index is 920. The molecule has 4 rings (SSSR count). The third-order valence-corrected chi connectivity index (χ3v) is 6.84. The first-order valence-corrected chi connectivity index (χ1v) is 11.5. The van der Waals surface area contributed by atoms with Crippen molar-refractivity contribution < 1.29 is 14.4 Å². The van der Waals surface area contributed by atoms with E-state index in [1.165, 1.54) is 4.90 Å². The molecule has 1 fully saturated rings. The zero-order chi connectivity index (χ0) is 19.3. The molecule has 1 aliphatic rings. The lowest BCUT2D eigenvalue weighted by atomic mass is 10.2. The summed E-state index contributed by atoms with van der Waals surface area (Å²) in [5, 5.41) is 0.773. The number of para-hydroxylation sites is 1. The van der Waals surface area contributed by atoms with Crippen LogP contribution in [-0.2, 0) is 4.74 Å². The number of ether oxygens (including phenoxy) is 1. The van der Waals surface area contributed by atoms with Gasteiger partial charge in [0.25, 0.3) is 5.91 Å². The van der Waals surface area contributed by atoms with E-state index in [0.29, 0.717) is 6.54 Å². The first kappa shape index (κ1) is 19.4. The summed E-state index contributed by atoms with van der Waals surface area (Å²) in [5.41, 5.74) is 1.68. The summed E-state index contributed by atoms with van der Waals surface area (Å²) in [4.78, 5) is 22.6. The molecule has 1 amide bonds. The van der Waals surface area contributed by atoms with Crippen molar-refractivity contribution in [3.05, 3.63) is 54.1 Å². The summed E-state index contributed by atoms with van der Waals surface area (Å²) in [5.74, 6) is 0.0247. The van der Waals surface area contributed by atoms with Crippen LogP contribution in [-0.4, -0.2) is 56.5 Å². The van der Waals surface area contributed by atoms with Crippen molar-refractivity contribution in [2.75, 3.05) is 50.5 Å². The van der Waals surface area contributed by atoms with Gasteiger partial charge in [-0.1, -0.05) is 35.6 Å². The Hall–Kier alpha value is -1.93. The van der Waals surface area contributed by atoms with Crippen LogP contribution in [0.15, 0.2) is 53.4 Å². The predicted molar refractivity (Wildman–Crippen MR) is 116 cm³/mol. The Kier molecular flexibility index (Phi) is 6.26. The molecule has 0 atom stereocenters. The highest BCUT2D eigenvalue weighted by Gasteiger charge is 2.25. The highest BCUT2D eigenvalue weighted by atomic mass is 32.2. The van der Waals surface area contributed by atoms with Crippen molar-refractivity contribution >= 4 is 44.4 Å². The molecule has 0 spiro atoms. The van der Waals surface area contributed by atoms with Gasteiger partial charge in [0.2, 0.25) is 0 Å². The average molecular weight is 415 g/mol. The normalized spacial score (nSPS) is 15.0. The fourth-order valence-electron chi connectivity index (χ4n) is 3.41. The zero-order valence-electron chi connectivity index (χ0n) is 15.9. The Morgan fingerprint density at radius 2 is 1.93 bits per heavy atom. The number of amides is 1. The van der Waals surface area contributed by atoms with Crippen LogP contribution in [0.2, 0.25) is 0 Å². The van der Waals surface area contributed by atoms with E-state index in [0.717, 1.165) is 58.7 Å². The van der Waals surface area contributed by atoms with Gasteiger partial charge in [-0.3, -0.25) is 9.69 Å². The van der Waals surface area contributed by atoms with Gasteiger partial charge in [-0.15, -0.1) is 11.8 Å². The smallest absolute Gasteiger partial charge is 0.261 e. The van der Waals surface area contributed by atoms with E-state index < -0.39 is 0 Å². The standard InChI is InChI=1S/C21H23N3O2S2/c1-27-18-8-4-2-6-16(18)20(25)24(11-10-23-12-14-26-15-13-23)21-22-17-7-3-5-9-19(17)28-21/h2-9H,10-15H2,1H3/p+1. The molecule has 2 aromatic carbocycles. The summed E-state index contributed by atoms with van der Waals surface area (Å²) >= 11 is 3.18. The van der Waals surface area contributed by atoms with E-state index in [-0.39, 0.29) is 5.91 Å². The van der Waals surface area contributed by atoms with Crippen LogP contribution in [0.1, 0.15) is 10.4 Å². The largest absolute Gasteiger partial charge is 0.370 e. The number of thiazole rings is 1. The lowest BCUT2D eigenvalue weighted by Crippen LogP contribution is -3.14. The van der Waals surface area contributed by atoms with E-state index >= 15 is 0 Å². The minimum Gasteiger partial charge on any atom is -0.370 e. The second kappa shape index (κ2) is 9.05. The van der Waals surface area contributed by atoms with Crippen molar-refractivity contribution in [3.8, 4) is 0 Å². The summed E-state index contributed by atoms with van der Waals surface area (Å²) in [6.07, 6.45) is 2.01. The molecule has 0 saturated carbocycles. The van der Waals surface area contributed by atoms with E-state index in [4.69, 9.17) is 9.72 Å². The van der Waals surface area contributed by atoms with Crippen LogP contribution in [0, 0.1) is 0 Å². The van der Waals surface area contributed by atoms with Gasteiger partial charge >= 0.3 is 0 Å². The monoisotopic (exact) mass is 414 g/mol. The molecule has 1 saturated heterocycles. The summed E-state index contributed by atoms with van der Waals surface area (Å²) in [6.45, 7) is 5.11. The van der Waals surface area contributed by atoms with Crippen molar-refractivity contribution in [2.45, 2.75) is 4.90 Å². The first-order valence-electron chi connectivity index (χ1n) is 9.48. The van der Waals surface area contributed by atoms with Crippen LogP contribution in [0.25, 0.3) is 10.2 Å². The molecule has 5 nitrogen and oxygen atoms in total. The quantitative estimate of drug-likeness (QED) is 0.630. The molecule has 1 N–H and O–H groups in total. The lowest BCUT2D eigenvalue weighted by Gasteiger charge is -2.27.